The van der Waals surface area contributed by atoms with Crippen LogP contribution in [0.2, 0.25) is 0 Å². The third-order valence-electron chi connectivity index (χ3n) is 2.25. The monoisotopic (exact) mass is 285 g/mol. The van der Waals surface area contributed by atoms with Gasteiger partial charge in [0, 0.05) is 17.2 Å². The SMILES string of the molecule is CCOC(=O)CN(C)c1cc(Br)ccc1C. The maximum absolute atomic E-state index is 11.3. The Kier molecular flexibility index (Phi) is 4.80. The smallest absolute Gasteiger partial charge is 0.325 e. The van der Waals surface area contributed by atoms with E-state index in [1.165, 1.54) is 0 Å². The molecule has 88 valence electrons. The molecule has 0 atom stereocenters. The minimum absolute atomic E-state index is 0.204. The molecule has 0 spiro atoms. The van der Waals surface area contributed by atoms with Crippen molar-refractivity contribution in [2.75, 3.05) is 25.1 Å². The van der Waals surface area contributed by atoms with Gasteiger partial charge in [-0.05, 0) is 31.5 Å². The maximum atomic E-state index is 11.3. The first-order chi connectivity index (χ1) is 7.54. The van der Waals surface area contributed by atoms with Crippen molar-refractivity contribution < 1.29 is 9.53 Å². The molecule has 0 saturated carbocycles. The van der Waals surface area contributed by atoms with Crippen molar-refractivity contribution in [3.63, 3.8) is 0 Å². The third-order valence-corrected chi connectivity index (χ3v) is 2.75. The lowest BCUT2D eigenvalue weighted by Gasteiger charge is -2.20. The number of esters is 1. The molecule has 0 saturated heterocycles. The molecule has 0 radical (unpaired) electrons. The molecule has 0 bridgehead atoms. The van der Waals surface area contributed by atoms with Crippen LogP contribution in [0.4, 0.5) is 5.69 Å². The number of benzene rings is 1. The van der Waals surface area contributed by atoms with E-state index in [0.29, 0.717) is 6.61 Å². The van der Waals surface area contributed by atoms with Crippen LogP contribution in [0.3, 0.4) is 0 Å². The molecular formula is C12H16BrNO2. The second-order valence-corrected chi connectivity index (χ2v) is 4.51. The van der Waals surface area contributed by atoms with Crippen molar-refractivity contribution in [2.24, 2.45) is 0 Å². The summed E-state index contributed by atoms with van der Waals surface area (Å²) < 4.78 is 5.92. The summed E-state index contributed by atoms with van der Waals surface area (Å²) in [5.41, 5.74) is 2.16. The van der Waals surface area contributed by atoms with Crippen LogP contribution in [0, 0.1) is 6.92 Å². The summed E-state index contributed by atoms with van der Waals surface area (Å²) in [6.07, 6.45) is 0. The van der Waals surface area contributed by atoms with Crippen molar-refractivity contribution in [1.82, 2.24) is 0 Å². The molecule has 1 aromatic rings. The van der Waals surface area contributed by atoms with Gasteiger partial charge in [0.15, 0.2) is 0 Å². The van der Waals surface area contributed by atoms with Crippen LogP contribution in [0.5, 0.6) is 0 Å². The van der Waals surface area contributed by atoms with Crippen molar-refractivity contribution in [2.45, 2.75) is 13.8 Å². The molecule has 1 aromatic carbocycles. The zero-order chi connectivity index (χ0) is 12.1. The first-order valence-electron chi connectivity index (χ1n) is 5.17. The fourth-order valence-electron chi connectivity index (χ4n) is 1.48. The third kappa shape index (κ3) is 3.52. The van der Waals surface area contributed by atoms with E-state index in [-0.39, 0.29) is 12.5 Å². The van der Waals surface area contributed by atoms with E-state index in [4.69, 9.17) is 4.74 Å². The van der Waals surface area contributed by atoms with Crippen molar-refractivity contribution in [3.8, 4) is 0 Å². The molecule has 0 heterocycles. The second-order valence-electron chi connectivity index (χ2n) is 3.59. The molecule has 4 heteroatoms. The number of anilines is 1. The Balaban J connectivity index is 2.76. The van der Waals surface area contributed by atoms with Crippen molar-refractivity contribution in [1.29, 1.82) is 0 Å². The van der Waals surface area contributed by atoms with Crippen molar-refractivity contribution in [3.05, 3.63) is 28.2 Å². The summed E-state index contributed by atoms with van der Waals surface area (Å²) >= 11 is 3.42. The number of hydrogen-bond acceptors (Lipinski definition) is 3. The van der Waals surface area contributed by atoms with E-state index >= 15 is 0 Å². The maximum Gasteiger partial charge on any atom is 0.325 e. The molecule has 0 N–H and O–H groups in total. The van der Waals surface area contributed by atoms with Gasteiger partial charge in [-0.25, -0.2) is 0 Å². The van der Waals surface area contributed by atoms with E-state index < -0.39 is 0 Å². The largest absolute Gasteiger partial charge is 0.465 e. The van der Waals surface area contributed by atoms with Gasteiger partial charge in [0.1, 0.15) is 6.54 Å². The van der Waals surface area contributed by atoms with Crippen LogP contribution in [0.1, 0.15) is 12.5 Å². The van der Waals surface area contributed by atoms with Gasteiger partial charge in [-0.1, -0.05) is 22.0 Å². The molecular weight excluding hydrogens is 270 g/mol. The fourth-order valence-corrected chi connectivity index (χ4v) is 1.83. The van der Waals surface area contributed by atoms with Crippen LogP contribution in [-0.4, -0.2) is 26.2 Å². The molecule has 0 aliphatic rings. The van der Waals surface area contributed by atoms with E-state index in [2.05, 4.69) is 15.9 Å². The summed E-state index contributed by atoms with van der Waals surface area (Å²) in [4.78, 5) is 13.2. The number of ether oxygens (including phenoxy) is 1. The van der Waals surface area contributed by atoms with E-state index in [1.807, 2.05) is 44.0 Å². The highest BCUT2D eigenvalue weighted by Gasteiger charge is 2.10. The number of carbonyl (C=O) groups excluding carboxylic acids is 1. The molecule has 0 unspecified atom stereocenters. The quantitative estimate of drug-likeness (QED) is 0.797. The molecule has 0 amide bonds. The van der Waals surface area contributed by atoms with Gasteiger partial charge in [-0.2, -0.15) is 0 Å². The Bertz CT molecular complexity index is 379. The lowest BCUT2D eigenvalue weighted by molar-refractivity contribution is -0.141. The van der Waals surface area contributed by atoms with Gasteiger partial charge in [0.2, 0.25) is 0 Å². The van der Waals surface area contributed by atoms with Gasteiger partial charge in [0.05, 0.1) is 6.61 Å². The zero-order valence-corrected chi connectivity index (χ0v) is 11.4. The predicted molar refractivity (Wildman–Crippen MR) is 68.8 cm³/mol. The first kappa shape index (κ1) is 13.0. The van der Waals surface area contributed by atoms with E-state index in [1.54, 1.807) is 0 Å². The number of hydrogen-bond donors (Lipinski definition) is 0. The minimum atomic E-state index is -0.204. The van der Waals surface area contributed by atoms with Gasteiger partial charge < -0.3 is 9.64 Å². The standard InChI is InChI=1S/C12H16BrNO2/c1-4-16-12(15)8-14(3)11-7-10(13)6-5-9(11)2/h5-7H,4,8H2,1-3H3. The Hall–Kier alpha value is -1.03. The summed E-state index contributed by atoms with van der Waals surface area (Å²) in [6.45, 7) is 4.51. The molecule has 0 aliphatic carbocycles. The minimum Gasteiger partial charge on any atom is -0.465 e. The van der Waals surface area contributed by atoms with Crippen LogP contribution >= 0.6 is 15.9 Å². The first-order valence-corrected chi connectivity index (χ1v) is 5.96. The summed E-state index contributed by atoms with van der Waals surface area (Å²) in [5.74, 6) is -0.204. The van der Waals surface area contributed by atoms with Crippen LogP contribution < -0.4 is 4.90 Å². The highest BCUT2D eigenvalue weighted by atomic mass is 79.9. The van der Waals surface area contributed by atoms with E-state index in [9.17, 15) is 4.79 Å². The van der Waals surface area contributed by atoms with Crippen LogP contribution in [0.25, 0.3) is 0 Å². The molecule has 1 rings (SSSR count). The van der Waals surface area contributed by atoms with E-state index in [0.717, 1.165) is 15.7 Å². The van der Waals surface area contributed by atoms with Gasteiger partial charge in [0.25, 0.3) is 0 Å². The van der Waals surface area contributed by atoms with Crippen LogP contribution in [0.15, 0.2) is 22.7 Å². The zero-order valence-electron chi connectivity index (χ0n) is 9.79. The molecule has 0 aliphatic heterocycles. The summed E-state index contributed by atoms with van der Waals surface area (Å²) in [5, 5.41) is 0. The second kappa shape index (κ2) is 5.89. The Labute approximate surface area is 105 Å². The highest BCUT2D eigenvalue weighted by Crippen LogP contribution is 2.23. The average Bonchev–Trinajstić information content (AvgIpc) is 2.21. The van der Waals surface area contributed by atoms with Gasteiger partial charge in [-0.15, -0.1) is 0 Å². The Morgan fingerprint density at radius 3 is 2.81 bits per heavy atom. The fraction of sp³-hybridized carbons (Fsp3) is 0.417. The predicted octanol–water partition coefficient (Wildman–Crippen LogP) is 2.76. The Morgan fingerprint density at radius 2 is 2.19 bits per heavy atom. The number of halogens is 1. The average molecular weight is 286 g/mol. The van der Waals surface area contributed by atoms with Crippen LogP contribution in [-0.2, 0) is 9.53 Å². The number of likely N-dealkylation sites (N-methyl/N-ethyl adjacent to an activating group) is 1. The summed E-state index contributed by atoms with van der Waals surface area (Å²) in [7, 11) is 1.88. The molecule has 3 nitrogen and oxygen atoms in total. The normalized spacial score (nSPS) is 10.0. The molecule has 16 heavy (non-hydrogen) atoms. The summed E-state index contributed by atoms with van der Waals surface area (Å²) in [6, 6.07) is 5.99. The van der Waals surface area contributed by atoms with Gasteiger partial charge in [-0.3, -0.25) is 4.79 Å². The van der Waals surface area contributed by atoms with Crippen molar-refractivity contribution >= 4 is 27.6 Å². The number of aryl methyl sites for hydroxylation is 1. The number of carbonyl (C=O) groups is 1. The highest BCUT2D eigenvalue weighted by molar-refractivity contribution is 9.10. The molecule has 0 aromatic heterocycles. The number of nitrogens with zero attached hydrogens (tertiary/aromatic N) is 1. The Morgan fingerprint density at radius 1 is 1.50 bits per heavy atom. The molecule has 0 fully saturated rings. The topological polar surface area (TPSA) is 29.5 Å². The van der Waals surface area contributed by atoms with Gasteiger partial charge >= 0.3 is 5.97 Å². The lowest BCUT2D eigenvalue weighted by Crippen LogP contribution is -2.27. The lowest BCUT2D eigenvalue weighted by atomic mass is 10.2. The number of rotatable bonds is 4.